The minimum Gasteiger partial charge on any atom is -0.366 e. The lowest BCUT2D eigenvalue weighted by Crippen LogP contribution is -2.03. The van der Waals surface area contributed by atoms with Crippen LogP contribution in [0.1, 0.15) is 5.56 Å². The summed E-state index contributed by atoms with van der Waals surface area (Å²) >= 11 is 6.01. The van der Waals surface area contributed by atoms with E-state index in [-0.39, 0.29) is 5.28 Å². The van der Waals surface area contributed by atoms with Crippen LogP contribution in [0.2, 0.25) is 5.28 Å². The molecule has 0 aliphatic rings. The number of pyridine rings is 1. The predicted octanol–water partition coefficient (Wildman–Crippen LogP) is 3.80. The van der Waals surface area contributed by atoms with Gasteiger partial charge >= 0.3 is 0 Å². The van der Waals surface area contributed by atoms with Crippen LogP contribution >= 0.6 is 11.6 Å². The fourth-order valence-corrected chi connectivity index (χ4v) is 2.14. The molecule has 2 aromatic heterocycles. The maximum absolute atomic E-state index is 6.01. The van der Waals surface area contributed by atoms with E-state index in [0.29, 0.717) is 12.4 Å². The molecule has 1 aromatic carbocycles. The van der Waals surface area contributed by atoms with Gasteiger partial charge in [0.15, 0.2) is 0 Å². The van der Waals surface area contributed by atoms with Crippen LogP contribution in [-0.2, 0) is 6.54 Å². The van der Waals surface area contributed by atoms with Crippen LogP contribution in [-0.4, -0.2) is 15.0 Å². The Morgan fingerprint density at radius 3 is 2.62 bits per heavy atom. The van der Waals surface area contributed by atoms with E-state index in [2.05, 4.69) is 20.3 Å². The maximum Gasteiger partial charge on any atom is 0.224 e. The third-order valence-electron chi connectivity index (χ3n) is 2.96. The molecule has 3 aromatic rings. The molecule has 0 spiro atoms. The number of rotatable bonds is 4. The predicted molar refractivity (Wildman–Crippen MR) is 84.0 cm³/mol. The van der Waals surface area contributed by atoms with E-state index in [1.165, 1.54) is 0 Å². The summed E-state index contributed by atoms with van der Waals surface area (Å²) in [6, 6.07) is 15.7. The smallest absolute Gasteiger partial charge is 0.224 e. The Labute approximate surface area is 127 Å². The Balaban J connectivity index is 1.82. The van der Waals surface area contributed by atoms with Crippen molar-refractivity contribution in [3.63, 3.8) is 0 Å². The fourth-order valence-electron chi connectivity index (χ4n) is 1.96. The number of nitrogens with one attached hydrogen (secondary N) is 1. The summed E-state index contributed by atoms with van der Waals surface area (Å²) in [5, 5.41) is 3.46. The van der Waals surface area contributed by atoms with Crippen molar-refractivity contribution in [1.82, 2.24) is 15.0 Å². The number of halogens is 1. The van der Waals surface area contributed by atoms with Crippen molar-refractivity contribution in [2.75, 3.05) is 5.32 Å². The van der Waals surface area contributed by atoms with Crippen LogP contribution in [0.5, 0.6) is 0 Å². The lowest BCUT2D eigenvalue weighted by molar-refractivity contribution is 1.07. The lowest BCUT2D eigenvalue weighted by atomic mass is 10.1. The van der Waals surface area contributed by atoms with Gasteiger partial charge in [-0.3, -0.25) is 4.98 Å². The van der Waals surface area contributed by atoms with Crippen LogP contribution < -0.4 is 5.32 Å². The number of nitrogens with zero attached hydrogens (tertiary/aromatic N) is 3. The van der Waals surface area contributed by atoms with Gasteiger partial charge in [-0.2, -0.15) is 0 Å². The first-order chi connectivity index (χ1) is 10.3. The van der Waals surface area contributed by atoms with Crippen molar-refractivity contribution in [3.05, 3.63) is 71.8 Å². The molecule has 0 bridgehead atoms. The highest BCUT2D eigenvalue weighted by atomic mass is 35.5. The zero-order chi connectivity index (χ0) is 14.5. The van der Waals surface area contributed by atoms with Gasteiger partial charge in [-0.25, -0.2) is 9.97 Å². The minimum atomic E-state index is 0.227. The molecule has 0 radical (unpaired) electrons. The second-order valence-corrected chi connectivity index (χ2v) is 4.83. The summed E-state index contributed by atoms with van der Waals surface area (Å²) < 4.78 is 0. The summed E-state index contributed by atoms with van der Waals surface area (Å²) in [6.45, 7) is 0.634. The quantitative estimate of drug-likeness (QED) is 0.744. The molecule has 5 heteroatoms. The summed E-state index contributed by atoms with van der Waals surface area (Å²) in [5.41, 5.74) is 2.88. The van der Waals surface area contributed by atoms with Crippen molar-refractivity contribution < 1.29 is 0 Å². The van der Waals surface area contributed by atoms with E-state index >= 15 is 0 Å². The molecule has 0 saturated heterocycles. The molecule has 1 N–H and O–H groups in total. The van der Waals surface area contributed by atoms with Crippen LogP contribution in [0.15, 0.2) is 60.9 Å². The number of benzene rings is 1. The van der Waals surface area contributed by atoms with Gasteiger partial charge in [-0.05, 0) is 23.2 Å². The second kappa shape index (κ2) is 6.33. The van der Waals surface area contributed by atoms with Gasteiger partial charge in [-0.15, -0.1) is 0 Å². The molecule has 0 aliphatic carbocycles. The molecular weight excluding hydrogens is 284 g/mol. The van der Waals surface area contributed by atoms with Crippen LogP contribution in [0.3, 0.4) is 0 Å². The van der Waals surface area contributed by atoms with Gasteiger partial charge in [0.2, 0.25) is 5.28 Å². The zero-order valence-electron chi connectivity index (χ0n) is 11.2. The highest BCUT2D eigenvalue weighted by Gasteiger charge is 2.05. The highest BCUT2D eigenvalue weighted by molar-refractivity contribution is 6.28. The molecule has 2 heterocycles. The Hall–Kier alpha value is -2.46. The summed E-state index contributed by atoms with van der Waals surface area (Å²) in [4.78, 5) is 12.5. The average Bonchev–Trinajstić information content (AvgIpc) is 2.54. The van der Waals surface area contributed by atoms with Crippen molar-refractivity contribution in [2.45, 2.75) is 6.54 Å². The van der Waals surface area contributed by atoms with Crippen molar-refractivity contribution >= 4 is 17.4 Å². The van der Waals surface area contributed by atoms with Crippen LogP contribution in [0, 0.1) is 0 Å². The minimum absolute atomic E-state index is 0.227. The molecule has 0 saturated carbocycles. The Kier molecular flexibility index (Phi) is 4.07. The molecule has 21 heavy (non-hydrogen) atoms. The van der Waals surface area contributed by atoms with Gasteiger partial charge in [0.25, 0.3) is 0 Å². The Morgan fingerprint density at radius 2 is 1.86 bits per heavy atom. The van der Waals surface area contributed by atoms with Crippen molar-refractivity contribution in [2.24, 2.45) is 0 Å². The summed E-state index contributed by atoms with van der Waals surface area (Å²) in [5.74, 6) is 0.692. The fraction of sp³-hybridized carbons (Fsp3) is 0.0625. The molecular formula is C16H13ClN4. The molecule has 104 valence electrons. The number of hydrogen-bond acceptors (Lipinski definition) is 4. The molecule has 0 unspecified atom stereocenters. The third kappa shape index (κ3) is 3.55. The monoisotopic (exact) mass is 296 g/mol. The van der Waals surface area contributed by atoms with Gasteiger partial charge in [-0.1, -0.05) is 36.4 Å². The zero-order valence-corrected chi connectivity index (χ0v) is 12.0. The van der Waals surface area contributed by atoms with Crippen molar-refractivity contribution in [1.29, 1.82) is 0 Å². The summed E-state index contributed by atoms with van der Waals surface area (Å²) in [6.07, 6.45) is 3.56. The van der Waals surface area contributed by atoms with E-state index in [1.54, 1.807) is 6.20 Å². The van der Waals surface area contributed by atoms with Gasteiger partial charge in [0.1, 0.15) is 5.82 Å². The first-order valence-corrected chi connectivity index (χ1v) is 6.92. The van der Waals surface area contributed by atoms with Gasteiger partial charge in [0.05, 0.1) is 5.69 Å². The van der Waals surface area contributed by atoms with Crippen LogP contribution in [0.4, 0.5) is 5.82 Å². The molecule has 3 rings (SSSR count). The molecule has 0 atom stereocenters. The number of hydrogen-bond donors (Lipinski definition) is 1. The first kappa shape index (κ1) is 13.5. The van der Waals surface area contributed by atoms with E-state index in [0.717, 1.165) is 16.8 Å². The van der Waals surface area contributed by atoms with E-state index < -0.39 is 0 Å². The van der Waals surface area contributed by atoms with E-state index in [4.69, 9.17) is 11.6 Å². The Morgan fingerprint density at radius 1 is 1.00 bits per heavy atom. The van der Waals surface area contributed by atoms with E-state index in [9.17, 15) is 0 Å². The van der Waals surface area contributed by atoms with E-state index in [1.807, 2.05) is 54.7 Å². The lowest BCUT2D eigenvalue weighted by Gasteiger charge is -2.08. The number of aromatic nitrogens is 3. The normalized spacial score (nSPS) is 10.3. The standard InChI is InChI=1S/C16H13ClN4/c17-16-20-14(13-6-2-1-3-7-13)9-15(21-16)19-11-12-5-4-8-18-10-12/h1-10H,11H2,(H,19,20,21). The average molecular weight is 297 g/mol. The molecule has 0 fully saturated rings. The molecule has 0 aliphatic heterocycles. The second-order valence-electron chi connectivity index (χ2n) is 4.49. The third-order valence-corrected chi connectivity index (χ3v) is 3.13. The highest BCUT2D eigenvalue weighted by Crippen LogP contribution is 2.21. The van der Waals surface area contributed by atoms with Crippen LogP contribution in [0.25, 0.3) is 11.3 Å². The Bertz CT molecular complexity index is 717. The maximum atomic E-state index is 6.01. The summed E-state index contributed by atoms with van der Waals surface area (Å²) in [7, 11) is 0. The molecule has 0 amide bonds. The van der Waals surface area contributed by atoms with Gasteiger partial charge in [0, 0.05) is 30.6 Å². The van der Waals surface area contributed by atoms with Crippen molar-refractivity contribution in [3.8, 4) is 11.3 Å². The topological polar surface area (TPSA) is 50.7 Å². The molecule has 4 nitrogen and oxygen atoms in total. The first-order valence-electron chi connectivity index (χ1n) is 6.54. The SMILES string of the molecule is Clc1nc(NCc2cccnc2)cc(-c2ccccc2)n1. The van der Waals surface area contributed by atoms with Gasteiger partial charge < -0.3 is 5.32 Å². The largest absolute Gasteiger partial charge is 0.366 e. The number of anilines is 1.